The van der Waals surface area contributed by atoms with Crippen molar-refractivity contribution in [1.29, 1.82) is 0 Å². The Balaban J connectivity index is 1.86. The number of rotatable bonds is 0. The fourth-order valence-corrected chi connectivity index (χ4v) is 4.21. The van der Waals surface area contributed by atoms with Crippen LogP contribution in [0, 0.1) is 5.41 Å². The first-order valence-electron chi connectivity index (χ1n) is 7.03. The van der Waals surface area contributed by atoms with E-state index >= 15 is 0 Å². The fraction of sp³-hybridized carbons (Fsp3) is 0.929. The lowest BCUT2D eigenvalue weighted by molar-refractivity contribution is -0.255. The third-order valence-electron chi connectivity index (χ3n) is 5.17. The molecule has 0 aromatic heterocycles. The van der Waals surface area contributed by atoms with Crippen LogP contribution in [0.4, 0.5) is 0 Å². The number of esters is 1. The van der Waals surface area contributed by atoms with Crippen molar-refractivity contribution >= 4 is 5.97 Å². The van der Waals surface area contributed by atoms with Gasteiger partial charge in [0.1, 0.15) is 11.0 Å². The quantitative estimate of drug-likeness (QED) is 0.585. The maximum absolute atomic E-state index is 12.0. The van der Waals surface area contributed by atoms with Crippen LogP contribution in [0.25, 0.3) is 0 Å². The highest BCUT2D eigenvalue weighted by molar-refractivity contribution is 5.85. The molecular formula is C14H22O2. The summed E-state index contributed by atoms with van der Waals surface area (Å²) < 4.78 is 5.70. The SMILES string of the molecule is O=C1OC2(CCCCCC2)C12CCCCC2. The molecule has 16 heavy (non-hydrogen) atoms. The Morgan fingerprint density at radius 3 is 1.81 bits per heavy atom. The molecule has 3 aliphatic rings. The van der Waals surface area contributed by atoms with E-state index in [2.05, 4.69) is 0 Å². The van der Waals surface area contributed by atoms with Gasteiger partial charge in [-0.3, -0.25) is 4.79 Å². The van der Waals surface area contributed by atoms with E-state index in [4.69, 9.17) is 4.74 Å². The summed E-state index contributed by atoms with van der Waals surface area (Å²) in [4.78, 5) is 12.0. The number of hydrogen-bond donors (Lipinski definition) is 0. The molecule has 0 atom stereocenters. The summed E-state index contributed by atoms with van der Waals surface area (Å²) in [5.74, 6) is 0.133. The van der Waals surface area contributed by atoms with Gasteiger partial charge >= 0.3 is 5.97 Å². The second-order valence-electron chi connectivity index (χ2n) is 5.94. The highest BCUT2D eigenvalue weighted by Gasteiger charge is 2.67. The number of fused-ring (bicyclic) bond motifs is 1. The van der Waals surface area contributed by atoms with Crippen molar-refractivity contribution in [3.05, 3.63) is 0 Å². The molecule has 2 aliphatic carbocycles. The van der Waals surface area contributed by atoms with Crippen molar-refractivity contribution in [2.24, 2.45) is 5.41 Å². The van der Waals surface area contributed by atoms with Gasteiger partial charge in [-0.1, -0.05) is 32.1 Å². The van der Waals surface area contributed by atoms with Crippen LogP contribution >= 0.6 is 0 Å². The van der Waals surface area contributed by atoms with Crippen LogP contribution in [0.2, 0.25) is 0 Å². The molecule has 1 saturated heterocycles. The predicted molar refractivity (Wildman–Crippen MR) is 62.0 cm³/mol. The molecule has 2 heteroatoms. The minimum Gasteiger partial charge on any atom is -0.457 e. The standard InChI is InChI=1S/C14H22O2/c15-12-13(8-4-3-5-9-13)14(16-12)10-6-1-2-7-11-14/h1-11H2. The molecule has 1 aliphatic heterocycles. The Kier molecular flexibility index (Phi) is 2.49. The first-order chi connectivity index (χ1) is 7.79. The second-order valence-corrected chi connectivity index (χ2v) is 5.94. The van der Waals surface area contributed by atoms with Crippen molar-refractivity contribution in [3.63, 3.8) is 0 Å². The van der Waals surface area contributed by atoms with E-state index in [1.54, 1.807) is 0 Å². The van der Waals surface area contributed by atoms with Gasteiger partial charge in [0.2, 0.25) is 0 Å². The number of ether oxygens (including phenoxy) is 1. The minimum absolute atomic E-state index is 0.0268. The molecule has 0 bridgehead atoms. The zero-order valence-electron chi connectivity index (χ0n) is 10.1. The summed E-state index contributed by atoms with van der Waals surface area (Å²) in [7, 11) is 0. The lowest BCUT2D eigenvalue weighted by Gasteiger charge is -2.58. The topological polar surface area (TPSA) is 26.3 Å². The van der Waals surface area contributed by atoms with Gasteiger partial charge in [0.15, 0.2) is 0 Å². The van der Waals surface area contributed by atoms with Crippen molar-refractivity contribution in [3.8, 4) is 0 Å². The molecule has 3 rings (SSSR count). The Labute approximate surface area is 97.7 Å². The van der Waals surface area contributed by atoms with Crippen LogP contribution in [-0.2, 0) is 9.53 Å². The van der Waals surface area contributed by atoms with Crippen LogP contribution in [0.3, 0.4) is 0 Å². The van der Waals surface area contributed by atoms with Crippen LogP contribution in [0.5, 0.6) is 0 Å². The molecule has 0 amide bonds. The summed E-state index contributed by atoms with van der Waals surface area (Å²) in [6.45, 7) is 0. The Morgan fingerprint density at radius 2 is 1.25 bits per heavy atom. The number of carbonyl (C=O) groups excluding carboxylic acids is 1. The Hall–Kier alpha value is -0.530. The van der Waals surface area contributed by atoms with E-state index in [0.717, 1.165) is 25.7 Å². The van der Waals surface area contributed by atoms with Crippen LogP contribution < -0.4 is 0 Å². The lowest BCUT2D eigenvalue weighted by Crippen LogP contribution is -2.67. The third-order valence-corrected chi connectivity index (χ3v) is 5.17. The van der Waals surface area contributed by atoms with Crippen LogP contribution in [-0.4, -0.2) is 11.6 Å². The highest BCUT2D eigenvalue weighted by Crippen LogP contribution is 2.59. The lowest BCUT2D eigenvalue weighted by atomic mass is 9.57. The monoisotopic (exact) mass is 222 g/mol. The first-order valence-corrected chi connectivity index (χ1v) is 7.03. The van der Waals surface area contributed by atoms with Crippen LogP contribution in [0.15, 0.2) is 0 Å². The zero-order chi connectivity index (χ0) is 11.1. The molecule has 0 aromatic rings. The van der Waals surface area contributed by atoms with E-state index in [-0.39, 0.29) is 17.0 Å². The molecule has 2 spiro atoms. The third kappa shape index (κ3) is 1.28. The van der Waals surface area contributed by atoms with Gasteiger partial charge in [0, 0.05) is 0 Å². The van der Waals surface area contributed by atoms with Crippen LogP contribution in [0.1, 0.15) is 70.6 Å². The molecule has 0 unspecified atom stereocenters. The highest BCUT2D eigenvalue weighted by atomic mass is 16.6. The maximum atomic E-state index is 12.0. The number of carbonyl (C=O) groups is 1. The van der Waals surface area contributed by atoms with E-state index in [1.807, 2.05) is 0 Å². The molecule has 0 N–H and O–H groups in total. The van der Waals surface area contributed by atoms with Gasteiger partial charge in [-0.15, -0.1) is 0 Å². The predicted octanol–water partition coefficient (Wildman–Crippen LogP) is 3.59. The fourth-order valence-electron chi connectivity index (χ4n) is 4.21. The van der Waals surface area contributed by atoms with E-state index in [1.165, 1.54) is 44.9 Å². The van der Waals surface area contributed by atoms with Gasteiger partial charge in [-0.05, 0) is 38.5 Å². The van der Waals surface area contributed by atoms with E-state index < -0.39 is 0 Å². The van der Waals surface area contributed by atoms with Gasteiger partial charge < -0.3 is 4.74 Å². The molecule has 1 heterocycles. The first kappa shape index (κ1) is 10.6. The zero-order valence-corrected chi connectivity index (χ0v) is 10.1. The average Bonchev–Trinajstić information content (AvgIpc) is 2.58. The largest absolute Gasteiger partial charge is 0.457 e. The smallest absolute Gasteiger partial charge is 0.316 e. The molecule has 2 nitrogen and oxygen atoms in total. The average molecular weight is 222 g/mol. The van der Waals surface area contributed by atoms with E-state index in [9.17, 15) is 4.79 Å². The minimum atomic E-state index is -0.0460. The molecular weight excluding hydrogens is 200 g/mol. The number of hydrogen-bond acceptors (Lipinski definition) is 2. The summed E-state index contributed by atoms with van der Waals surface area (Å²) in [5, 5.41) is 0. The summed E-state index contributed by atoms with van der Waals surface area (Å²) >= 11 is 0. The van der Waals surface area contributed by atoms with Gasteiger partial charge in [-0.25, -0.2) is 0 Å². The molecule has 0 aromatic carbocycles. The Bertz CT molecular complexity index is 281. The van der Waals surface area contributed by atoms with Crippen molar-refractivity contribution in [2.75, 3.05) is 0 Å². The van der Waals surface area contributed by atoms with Gasteiger partial charge in [-0.2, -0.15) is 0 Å². The molecule has 3 fully saturated rings. The Morgan fingerprint density at radius 1 is 0.750 bits per heavy atom. The van der Waals surface area contributed by atoms with Gasteiger partial charge in [0.05, 0.1) is 0 Å². The normalized spacial score (nSPS) is 31.9. The molecule has 0 radical (unpaired) electrons. The van der Waals surface area contributed by atoms with Gasteiger partial charge in [0.25, 0.3) is 0 Å². The summed E-state index contributed by atoms with van der Waals surface area (Å²) in [6, 6.07) is 0. The molecule has 90 valence electrons. The van der Waals surface area contributed by atoms with Crippen molar-refractivity contribution in [2.45, 2.75) is 76.2 Å². The summed E-state index contributed by atoms with van der Waals surface area (Å²) in [5.41, 5.74) is -0.0728. The molecule has 2 saturated carbocycles. The summed E-state index contributed by atoms with van der Waals surface area (Å²) in [6.07, 6.45) is 13.4. The second kappa shape index (κ2) is 3.75. The van der Waals surface area contributed by atoms with E-state index in [0.29, 0.717) is 0 Å². The van der Waals surface area contributed by atoms with Crippen molar-refractivity contribution in [1.82, 2.24) is 0 Å². The van der Waals surface area contributed by atoms with Crippen molar-refractivity contribution < 1.29 is 9.53 Å². The maximum Gasteiger partial charge on any atom is 0.316 e.